The molecule has 1 aromatic heterocycles. The molecule has 0 aliphatic carbocycles. The van der Waals surface area contributed by atoms with Crippen molar-refractivity contribution >= 4 is 11.6 Å². The summed E-state index contributed by atoms with van der Waals surface area (Å²) in [6.45, 7) is 0. The van der Waals surface area contributed by atoms with Gasteiger partial charge in [-0.05, 0) is 6.07 Å². The smallest absolute Gasteiger partial charge is 0.161 e. The Hall–Kier alpha value is -1.48. The van der Waals surface area contributed by atoms with E-state index < -0.39 is 0 Å². The SMILES string of the molecule is Cn1ncc(O)c1-c1ccccc1Cl. The highest BCUT2D eigenvalue weighted by atomic mass is 35.5. The third kappa shape index (κ3) is 1.36. The molecule has 72 valence electrons. The Morgan fingerprint density at radius 3 is 2.64 bits per heavy atom. The van der Waals surface area contributed by atoms with Crippen molar-refractivity contribution < 1.29 is 5.11 Å². The Labute approximate surface area is 86.6 Å². The van der Waals surface area contributed by atoms with Crippen LogP contribution >= 0.6 is 11.6 Å². The second-order valence-electron chi connectivity index (χ2n) is 2.98. The highest BCUT2D eigenvalue weighted by Gasteiger charge is 2.11. The van der Waals surface area contributed by atoms with Crippen molar-refractivity contribution in [1.29, 1.82) is 0 Å². The molecule has 14 heavy (non-hydrogen) atoms. The molecule has 0 saturated carbocycles. The lowest BCUT2D eigenvalue weighted by Gasteiger charge is -2.04. The van der Waals surface area contributed by atoms with Gasteiger partial charge >= 0.3 is 0 Å². The van der Waals surface area contributed by atoms with Gasteiger partial charge in [-0.1, -0.05) is 29.8 Å². The van der Waals surface area contributed by atoms with Crippen LogP contribution in [0, 0.1) is 0 Å². The van der Waals surface area contributed by atoms with Crippen LogP contribution in [0.4, 0.5) is 0 Å². The first kappa shape index (κ1) is 9.09. The molecule has 3 nitrogen and oxygen atoms in total. The van der Waals surface area contributed by atoms with Gasteiger partial charge < -0.3 is 5.11 Å². The van der Waals surface area contributed by atoms with Crippen LogP contribution in [0.15, 0.2) is 30.5 Å². The highest BCUT2D eigenvalue weighted by Crippen LogP contribution is 2.32. The van der Waals surface area contributed by atoms with E-state index in [1.54, 1.807) is 17.8 Å². The lowest BCUT2D eigenvalue weighted by Crippen LogP contribution is -1.93. The molecule has 1 aromatic carbocycles. The van der Waals surface area contributed by atoms with Gasteiger partial charge in [0.25, 0.3) is 0 Å². The van der Waals surface area contributed by atoms with Crippen molar-refractivity contribution in [3.8, 4) is 17.0 Å². The van der Waals surface area contributed by atoms with E-state index in [1.165, 1.54) is 6.20 Å². The van der Waals surface area contributed by atoms with E-state index in [1.807, 2.05) is 18.2 Å². The maximum atomic E-state index is 9.57. The van der Waals surface area contributed by atoms with Gasteiger partial charge in [0.05, 0.1) is 11.2 Å². The molecule has 0 bridgehead atoms. The molecule has 1 N–H and O–H groups in total. The van der Waals surface area contributed by atoms with Gasteiger partial charge in [-0.3, -0.25) is 4.68 Å². The van der Waals surface area contributed by atoms with Crippen molar-refractivity contribution in [3.63, 3.8) is 0 Å². The number of hydrogen-bond donors (Lipinski definition) is 1. The highest BCUT2D eigenvalue weighted by molar-refractivity contribution is 6.33. The first-order valence-corrected chi connectivity index (χ1v) is 4.54. The molecule has 0 amide bonds. The van der Waals surface area contributed by atoms with Crippen LogP contribution in [-0.4, -0.2) is 14.9 Å². The quantitative estimate of drug-likeness (QED) is 0.782. The van der Waals surface area contributed by atoms with Gasteiger partial charge in [-0.25, -0.2) is 0 Å². The van der Waals surface area contributed by atoms with Crippen LogP contribution in [0.5, 0.6) is 5.75 Å². The van der Waals surface area contributed by atoms with Crippen LogP contribution in [0.3, 0.4) is 0 Å². The van der Waals surface area contributed by atoms with Crippen LogP contribution in [0.1, 0.15) is 0 Å². The first-order chi connectivity index (χ1) is 6.70. The summed E-state index contributed by atoms with van der Waals surface area (Å²) < 4.78 is 1.59. The summed E-state index contributed by atoms with van der Waals surface area (Å²) in [6, 6.07) is 7.34. The van der Waals surface area contributed by atoms with E-state index in [0.717, 1.165) is 5.56 Å². The fraction of sp³-hybridized carbons (Fsp3) is 0.100. The van der Waals surface area contributed by atoms with E-state index in [9.17, 15) is 5.11 Å². The normalized spacial score (nSPS) is 10.4. The maximum Gasteiger partial charge on any atom is 0.161 e. The zero-order valence-electron chi connectivity index (χ0n) is 7.61. The Morgan fingerprint density at radius 2 is 2.07 bits per heavy atom. The zero-order chi connectivity index (χ0) is 10.1. The zero-order valence-corrected chi connectivity index (χ0v) is 8.36. The standard InChI is InChI=1S/C10H9ClN2O/c1-13-10(9(14)6-12-13)7-4-2-3-5-8(7)11/h2-6,14H,1H3. The summed E-state index contributed by atoms with van der Waals surface area (Å²) in [7, 11) is 1.76. The predicted molar refractivity (Wildman–Crippen MR) is 55.3 cm³/mol. The first-order valence-electron chi connectivity index (χ1n) is 4.16. The number of rotatable bonds is 1. The van der Waals surface area contributed by atoms with Gasteiger partial charge in [0.15, 0.2) is 5.75 Å². The largest absolute Gasteiger partial charge is 0.504 e. The molecule has 2 rings (SSSR count). The molecule has 0 saturated heterocycles. The van der Waals surface area contributed by atoms with Crippen molar-refractivity contribution in [2.75, 3.05) is 0 Å². The summed E-state index contributed by atoms with van der Waals surface area (Å²) in [5.74, 6) is 0.139. The molecule has 0 unspecified atom stereocenters. The van der Waals surface area contributed by atoms with E-state index >= 15 is 0 Å². The molecule has 2 aromatic rings. The van der Waals surface area contributed by atoms with Crippen molar-refractivity contribution in [3.05, 3.63) is 35.5 Å². The summed E-state index contributed by atoms with van der Waals surface area (Å²) in [5, 5.41) is 14.1. The van der Waals surface area contributed by atoms with Crippen molar-refractivity contribution in [2.45, 2.75) is 0 Å². The second kappa shape index (κ2) is 3.35. The van der Waals surface area contributed by atoms with E-state index in [0.29, 0.717) is 10.7 Å². The van der Waals surface area contributed by atoms with Crippen LogP contribution in [-0.2, 0) is 7.05 Å². The lowest BCUT2D eigenvalue weighted by atomic mass is 10.1. The van der Waals surface area contributed by atoms with Gasteiger partial charge in [0, 0.05) is 12.6 Å². The number of hydrogen-bond acceptors (Lipinski definition) is 2. The third-order valence-corrected chi connectivity index (χ3v) is 2.38. The molecular weight excluding hydrogens is 200 g/mol. The minimum atomic E-state index is 0.139. The molecule has 0 fully saturated rings. The summed E-state index contributed by atoms with van der Waals surface area (Å²) in [5.41, 5.74) is 1.42. The molecule has 1 heterocycles. The van der Waals surface area contributed by atoms with Crippen LogP contribution in [0.2, 0.25) is 5.02 Å². The minimum absolute atomic E-state index is 0.139. The Balaban J connectivity index is 2.66. The fourth-order valence-corrected chi connectivity index (χ4v) is 1.62. The molecule has 0 aliphatic heterocycles. The lowest BCUT2D eigenvalue weighted by molar-refractivity contribution is 0.477. The van der Waals surface area contributed by atoms with Gasteiger partial charge in [-0.15, -0.1) is 0 Å². The van der Waals surface area contributed by atoms with Gasteiger partial charge in [-0.2, -0.15) is 5.10 Å². The van der Waals surface area contributed by atoms with Crippen LogP contribution in [0.25, 0.3) is 11.3 Å². The number of nitrogens with zero attached hydrogens (tertiary/aromatic N) is 2. The summed E-state index contributed by atoms with van der Waals surface area (Å²) in [6.07, 6.45) is 1.40. The Bertz CT molecular complexity index is 445. The van der Waals surface area contributed by atoms with E-state index in [-0.39, 0.29) is 5.75 Å². The van der Waals surface area contributed by atoms with Crippen molar-refractivity contribution in [1.82, 2.24) is 9.78 Å². The van der Waals surface area contributed by atoms with Gasteiger partial charge in [0.2, 0.25) is 0 Å². The third-order valence-electron chi connectivity index (χ3n) is 2.05. The predicted octanol–water partition coefficient (Wildman–Crippen LogP) is 2.45. The molecule has 0 aliphatic rings. The number of benzene rings is 1. The van der Waals surface area contributed by atoms with E-state index in [2.05, 4.69) is 5.10 Å². The summed E-state index contributed by atoms with van der Waals surface area (Å²) >= 11 is 6.01. The monoisotopic (exact) mass is 208 g/mol. The number of halogens is 1. The van der Waals surface area contributed by atoms with Crippen LogP contribution < -0.4 is 0 Å². The number of aryl methyl sites for hydroxylation is 1. The van der Waals surface area contributed by atoms with E-state index in [4.69, 9.17) is 11.6 Å². The molecule has 0 radical (unpaired) electrons. The second-order valence-corrected chi connectivity index (χ2v) is 3.39. The average molecular weight is 209 g/mol. The fourth-order valence-electron chi connectivity index (χ4n) is 1.39. The molecule has 0 spiro atoms. The Morgan fingerprint density at radius 1 is 1.36 bits per heavy atom. The molecular formula is C10H9ClN2O. The summed E-state index contributed by atoms with van der Waals surface area (Å²) in [4.78, 5) is 0. The maximum absolute atomic E-state index is 9.57. The molecule has 4 heteroatoms. The molecule has 0 atom stereocenters. The minimum Gasteiger partial charge on any atom is -0.504 e. The Kier molecular flexibility index (Phi) is 2.17. The van der Waals surface area contributed by atoms with Crippen molar-refractivity contribution in [2.24, 2.45) is 7.05 Å². The number of aromatic nitrogens is 2. The number of aromatic hydroxyl groups is 1. The topological polar surface area (TPSA) is 38.0 Å². The van der Waals surface area contributed by atoms with Gasteiger partial charge in [0.1, 0.15) is 5.69 Å². The average Bonchev–Trinajstić information content (AvgIpc) is 2.48.